The molecule has 1 aromatic carbocycles. The molecule has 1 fully saturated rings. The number of benzene rings is 1. The van der Waals surface area contributed by atoms with E-state index < -0.39 is 0 Å². The molecule has 1 saturated heterocycles. The second kappa shape index (κ2) is 4.77. The molecule has 2 heterocycles. The van der Waals surface area contributed by atoms with E-state index in [2.05, 4.69) is 17.1 Å². The Labute approximate surface area is 106 Å². The van der Waals surface area contributed by atoms with Gasteiger partial charge in [-0.3, -0.25) is 9.78 Å². The second-order valence-electron chi connectivity index (χ2n) is 4.82. The summed E-state index contributed by atoms with van der Waals surface area (Å²) in [5.41, 5.74) is 2.16. The van der Waals surface area contributed by atoms with Crippen LogP contribution in [0.15, 0.2) is 36.5 Å². The number of carbonyl (C=O) groups is 1. The highest BCUT2D eigenvalue weighted by Gasteiger charge is 2.22. The SMILES string of the molecule is O=CN1CCCC[C@@H]1c1cnc2ccccc2c1. The molecule has 92 valence electrons. The number of carbonyl (C=O) groups excluding carboxylic acids is 1. The first kappa shape index (κ1) is 11.2. The Kier molecular flexibility index (Phi) is 2.97. The summed E-state index contributed by atoms with van der Waals surface area (Å²) in [6.45, 7) is 0.862. The van der Waals surface area contributed by atoms with Crippen LogP contribution in [0, 0.1) is 0 Å². The summed E-state index contributed by atoms with van der Waals surface area (Å²) in [6.07, 6.45) is 6.21. The van der Waals surface area contributed by atoms with Crippen LogP contribution in [-0.2, 0) is 4.79 Å². The number of likely N-dealkylation sites (tertiary alicyclic amines) is 1. The minimum atomic E-state index is 0.202. The maximum absolute atomic E-state index is 11.1. The molecule has 18 heavy (non-hydrogen) atoms. The summed E-state index contributed by atoms with van der Waals surface area (Å²) in [7, 11) is 0. The van der Waals surface area contributed by atoms with Crippen molar-refractivity contribution in [2.24, 2.45) is 0 Å². The highest BCUT2D eigenvalue weighted by Crippen LogP contribution is 2.30. The van der Waals surface area contributed by atoms with Gasteiger partial charge in [0.2, 0.25) is 6.41 Å². The van der Waals surface area contributed by atoms with Crippen LogP contribution in [0.25, 0.3) is 10.9 Å². The van der Waals surface area contributed by atoms with Crippen molar-refractivity contribution in [2.45, 2.75) is 25.3 Å². The van der Waals surface area contributed by atoms with Gasteiger partial charge in [-0.2, -0.15) is 0 Å². The zero-order valence-electron chi connectivity index (χ0n) is 10.2. The lowest BCUT2D eigenvalue weighted by Crippen LogP contribution is -2.32. The average molecular weight is 240 g/mol. The van der Waals surface area contributed by atoms with Crippen LogP contribution >= 0.6 is 0 Å². The molecule has 0 unspecified atom stereocenters. The minimum Gasteiger partial charge on any atom is -0.338 e. The predicted octanol–water partition coefficient (Wildman–Crippen LogP) is 2.92. The van der Waals surface area contributed by atoms with Crippen molar-refractivity contribution in [3.63, 3.8) is 0 Å². The number of piperidine rings is 1. The molecule has 3 rings (SSSR count). The highest BCUT2D eigenvalue weighted by molar-refractivity contribution is 5.78. The number of hydrogen-bond donors (Lipinski definition) is 0. The summed E-state index contributed by atoms with van der Waals surface area (Å²) < 4.78 is 0. The van der Waals surface area contributed by atoms with Crippen LogP contribution < -0.4 is 0 Å². The Hall–Kier alpha value is -1.90. The van der Waals surface area contributed by atoms with E-state index in [1.54, 1.807) is 0 Å². The molecule has 1 amide bonds. The maximum atomic E-state index is 11.1. The van der Waals surface area contributed by atoms with Gasteiger partial charge in [0.1, 0.15) is 0 Å². The molecule has 1 aromatic heterocycles. The normalized spacial score (nSPS) is 20.0. The zero-order chi connectivity index (χ0) is 12.4. The largest absolute Gasteiger partial charge is 0.338 e. The average Bonchev–Trinajstić information content (AvgIpc) is 2.46. The van der Waals surface area contributed by atoms with Gasteiger partial charge < -0.3 is 4.90 Å². The molecule has 0 N–H and O–H groups in total. The molecule has 3 nitrogen and oxygen atoms in total. The van der Waals surface area contributed by atoms with E-state index in [9.17, 15) is 4.79 Å². The maximum Gasteiger partial charge on any atom is 0.210 e. The fourth-order valence-electron chi connectivity index (χ4n) is 2.71. The van der Waals surface area contributed by atoms with Crippen molar-refractivity contribution >= 4 is 17.3 Å². The first-order valence-corrected chi connectivity index (χ1v) is 6.44. The van der Waals surface area contributed by atoms with E-state index >= 15 is 0 Å². The van der Waals surface area contributed by atoms with Gasteiger partial charge in [0.25, 0.3) is 0 Å². The first-order chi connectivity index (χ1) is 8.88. The van der Waals surface area contributed by atoms with Gasteiger partial charge in [-0.15, -0.1) is 0 Å². The van der Waals surface area contributed by atoms with Crippen molar-refractivity contribution < 1.29 is 4.79 Å². The van der Waals surface area contributed by atoms with Gasteiger partial charge >= 0.3 is 0 Å². The van der Waals surface area contributed by atoms with Gasteiger partial charge in [0.15, 0.2) is 0 Å². The van der Waals surface area contributed by atoms with Crippen LogP contribution in [0.3, 0.4) is 0 Å². The number of para-hydroxylation sites is 1. The molecule has 0 spiro atoms. The summed E-state index contributed by atoms with van der Waals surface area (Å²) in [5.74, 6) is 0. The number of pyridine rings is 1. The predicted molar refractivity (Wildman–Crippen MR) is 71.1 cm³/mol. The van der Waals surface area contributed by atoms with Gasteiger partial charge in [0.05, 0.1) is 11.6 Å². The molecule has 0 radical (unpaired) electrons. The van der Waals surface area contributed by atoms with Crippen molar-refractivity contribution in [3.05, 3.63) is 42.1 Å². The quantitative estimate of drug-likeness (QED) is 0.756. The van der Waals surface area contributed by atoms with Gasteiger partial charge in [-0.1, -0.05) is 18.2 Å². The van der Waals surface area contributed by atoms with Crippen LogP contribution in [0.1, 0.15) is 30.9 Å². The molecular formula is C15H16N2O. The molecule has 1 atom stereocenters. The lowest BCUT2D eigenvalue weighted by atomic mass is 9.96. The number of hydrogen-bond acceptors (Lipinski definition) is 2. The van der Waals surface area contributed by atoms with Crippen molar-refractivity contribution in [1.29, 1.82) is 0 Å². The van der Waals surface area contributed by atoms with Crippen molar-refractivity contribution in [2.75, 3.05) is 6.54 Å². The Morgan fingerprint density at radius 3 is 3.06 bits per heavy atom. The number of nitrogens with zero attached hydrogens (tertiary/aromatic N) is 2. The molecular weight excluding hydrogens is 224 g/mol. The van der Waals surface area contributed by atoms with Gasteiger partial charge in [-0.05, 0) is 37.0 Å². The van der Waals surface area contributed by atoms with Crippen LogP contribution in [0.4, 0.5) is 0 Å². The number of amides is 1. The Balaban J connectivity index is 1.99. The molecule has 0 aliphatic carbocycles. The van der Waals surface area contributed by atoms with Crippen LogP contribution in [-0.4, -0.2) is 22.8 Å². The van der Waals surface area contributed by atoms with Gasteiger partial charge in [0, 0.05) is 18.1 Å². The topological polar surface area (TPSA) is 33.2 Å². The minimum absolute atomic E-state index is 0.202. The van der Waals surface area contributed by atoms with Crippen LogP contribution in [0.2, 0.25) is 0 Å². The summed E-state index contributed by atoms with van der Waals surface area (Å²) >= 11 is 0. The fraction of sp³-hybridized carbons (Fsp3) is 0.333. The van der Waals surface area contributed by atoms with E-state index in [1.165, 1.54) is 6.42 Å². The lowest BCUT2D eigenvalue weighted by Gasteiger charge is -2.32. The van der Waals surface area contributed by atoms with Crippen molar-refractivity contribution in [1.82, 2.24) is 9.88 Å². The Morgan fingerprint density at radius 2 is 2.17 bits per heavy atom. The zero-order valence-corrected chi connectivity index (χ0v) is 10.2. The highest BCUT2D eigenvalue weighted by atomic mass is 16.1. The number of rotatable bonds is 2. The van der Waals surface area contributed by atoms with E-state index in [0.717, 1.165) is 42.3 Å². The Morgan fingerprint density at radius 1 is 1.28 bits per heavy atom. The van der Waals surface area contributed by atoms with Crippen LogP contribution in [0.5, 0.6) is 0 Å². The number of aromatic nitrogens is 1. The van der Waals surface area contributed by atoms with E-state index in [1.807, 2.05) is 29.3 Å². The standard InChI is InChI=1S/C15H16N2O/c18-11-17-8-4-3-7-15(17)13-9-12-5-1-2-6-14(12)16-10-13/h1-2,5-6,9-11,15H,3-4,7-8H2/t15-/m1/s1. The molecule has 0 bridgehead atoms. The van der Waals surface area contributed by atoms with Crippen molar-refractivity contribution in [3.8, 4) is 0 Å². The van der Waals surface area contributed by atoms with Gasteiger partial charge in [-0.25, -0.2) is 0 Å². The third-order valence-corrected chi connectivity index (χ3v) is 3.68. The monoisotopic (exact) mass is 240 g/mol. The fourth-order valence-corrected chi connectivity index (χ4v) is 2.71. The van der Waals surface area contributed by atoms with E-state index in [0.29, 0.717) is 0 Å². The molecule has 1 aliphatic heterocycles. The third-order valence-electron chi connectivity index (χ3n) is 3.68. The van der Waals surface area contributed by atoms with E-state index in [4.69, 9.17) is 0 Å². The summed E-state index contributed by atoms with van der Waals surface area (Å²) in [4.78, 5) is 17.5. The smallest absolute Gasteiger partial charge is 0.210 e. The molecule has 1 aliphatic rings. The third kappa shape index (κ3) is 1.96. The second-order valence-corrected chi connectivity index (χ2v) is 4.82. The number of fused-ring (bicyclic) bond motifs is 1. The summed E-state index contributed by atoms with van der Waals surface area (Å²) in [5, 5.41) is 1.14. The molecule has 3 heteroatoms. The molecule has 2 aromatic rings. The Bertz CT molecular complexity index is 567. The summed E-state index contributed by atoms with van der Waals surface area (Å²) in [6, 6.07) is 10.5. The lowest BCUT2D eigenvalue weighted by molar-refractivity contribution is -0.121. The van der Waals surface area contributed by atoms with E-state index in [-0.39, 0.29) is 6.04 Å². The molecule has 0 saturated carbocycles. The first-order valence-electron chi connectivity index (χ1n) is 6.44.